The highest BCUT2D eigenvalue weighted by molar-refractivity contribution is 6.59. The maximum Gasteiger partial charge on any atom is 0.490 e. The molecule has 0 aliphatic heterocycles. The summed E-state index contributed by atoms with van der Waals surface area (Å²) in [6.07, 6.45) is 0. The predicted molar refractivity (Wildman–Crippen MR) is 48.9 cm³/mol. The zero-order valence-corrected chi connectivity index (χ0v) is 7.03. The van der Waals surface area contributed by atoms with Gasteiger partial charge in [-0.3, -0.25) is 0 Å². The van der Waals surface area contributed by atoms with Gasteiger partial charge in [0.1, 0.15) is 0 Å². The smallest absolute Gasteiger partial charge is 0.423 e. The van der Waals surface area contributed by atoms with Crippen LogP contribution in [0.15, 0.2) is 24.3 Å². The third kappa shape index (κ3) is 2.07. The molecule has 0 fully saturated rings. The zero-order valence-electron chi connectivity index (χ0n) is 7.03. The van der Waals surface area contributed by atoms with Gasteiger partial charge >= 0.3 is 7.12 Å². The highest BCUT2D eigenvalue weighted by Crippen LogP contribution is 1.95. The summed E-state index contributed by atoms with van der Waals surface area (Å²) in [4.78, 5) is 0. The van der Waals surface area contributed by atoms with Crippen LogP contribution in [0.3, 0.4) is 0 Å². The normalized spacial score (nSPS) is 9.92. The molecule has 3 N–H and O–H groups in total. The van der Waals surface area contributed by atoms with Crippen LogP contribution < -0.4 is 11.2 Å². The summed E-state index contributed by atoms with van der Waals surface area (Å²) >= 11 is 0. The Kier molecular flexibility index (Phi) is 3.28. The number of hydrogen-bond donors (Lipinski definition) is 2. The molecular weight excluding hydrogens is 153 g/mol. The van der Waals surface area contributed by atoms with E-state index >= 15 is 0 Å². The first-order valence-corrected chi connectivity index (χ1v) is 3.77. The lowest BCUT2D eigenvalue weighted by Crippen LogP contribution is -2.32. The first kappa shape index (κ1) is 9.25. The van der Waals surface area contributed by atoms with E-state index in [2.05, 4.69) is 0 Å². The number of nitrogens with two attached hydrogens (primary N) is 1. The Bertz CT molecular complexity index is 237. The van der Waals surface area contributed by atoms with Crippen molar-refractivity contribution < 1.29 is 9.68 Å². The highest BCUT2D eigenvalue weighted by Gasteiger charge is 2.12. The van der Waals surface area contributed by atoms with Gasteiger partial charge in [-0.05, 0) is 11.0 Å². The Morgan fingerprint density at radius 3 is 2.42 bits per heavy atom. The van der Waals surface area contributed by atoms with Crippen LogP contribution in [0.5, 0.6) is 0 Å². The molecule has 0 aromatic heterocycles. The van der Waals surface area contributed by atoms with E-state index in [4.69, 9.17) is 10.4 Å². The molecule has 0 saturated carbocycles. The van der Waals surface area contributed by atoms with Crippen molar-refractivity contribution >= 4 is 12.6 Å². The van der Waals surface area contributed by atoms with E-state index in [0.717, 1.165) is 11.0 Å². The molecule has 0 spiro atoms. The van der Waals surface area contributed by atoms with Gasteiger partial charge in [0, 0.05) is 13.7 Å². The first-order chi connectivity index (χ1) is 5.77. The second-order valence-electron chi connectivity index (χ2n) is 2.53. The second-order valence-corrected chi connectivity index (χ2v) is 2.53. The zero-order chi connectivity index (χ0) is 8.97. The molecule has 0 unspecified atom stereocenters. The van der Waals surface area contributed by atoms with E-state index in [-0.39, 0.29) is 0 Å². The van der Waals surface area contributed by atoms with Crippen molar-refractivity contribution in [3.05, 3.63) is 29.8 Å². The summed E-state index contributed by atoms with van der Waals surface area (Å²) in [6, 6.07) is 7.35. The molecule has 0 heterocycles. The van der Waals surface area contributed by atoms with Gasteiger partial charge in [0.25, 0.3) is 0 Å². The Morgan fingerprint density at radius 1 is 1.42 bits per heavy atom. The average Bonchev–Trinajstić information content (AvgIpc) is 2.17. The first-order valence-electron chi connectivity index (χ1n) is 3.77. The third-order valence-electron chi connectivity index (χ3n) is 1.72. The number of hydrogen-bond acceptors (Lipinski definition) is 3. The van der Waals surface area contributed by atoms with Gasteiger partial charge in [-0.1, -0.05) is 24.3 Å². The molecule has 0 radical (unpaired) electrons. The van der Waals surface area contributed by atoms with Gasteiger partial charge in [0.15, 0.2) is 0 Å². The molecule has 0 aliphatic carbocycles. The van der Waals surface area contributed by atoms with Gasteiger partial charge in [-0.25, -0.2) is 0 Å². The van der Waals surface area contributed by atoms with E-state index in [0.29, 0.717) is 6.54 Å². The molecule has 0 atom stereocenters. The fourth-order valence-electron chi connectivity index (χ4n) is 0.954. The largest absolute Gasteiger partial charge is 0.490 e. The molecule has 1 aromatic rings. The van der Waals surface area contributed by atoms with Crippen LogP contribution in [-0.2, 0) is 11.2 Å². The number of rotatable bonds is 3. The Morgan fingerprint density at radius 2 is 2.00 bits per heavy atom. The summed E-state index contributed by atoms with van der Waals surface area (Å²) in [7, 11) is 0.624. The van der Waals surface area contributed by atoms with Crippen LogP contribution in [0.2, 0.25) is 0 Å². The molecule has 4 heteroatoms. The topological polar surface area (TPSA) is 55.5 Å². The van der Waals surface area contributed by atoms with Crippen molar-refractivity contribution in [3.8, 4) is 0 Å². The molecule has 1 rings (SSSR count). The monoisotopic (exact) mass is 165 g/mol. The quantitative estimate of drug-likeness (QED) is 0.592. The summed E-state index contributed by atoms with van der Waals surface area (Å²) in [6.45, 7) is 0.517. The summed E-state index contributed by atoms with van der Waals surface area (Å²) in [5.41, 5.74) is 7.20. The lowest BCUT2D eigenvalue weighted by Gasteiger charge is -2.03. The van der Waals surface area contributed by atoms with Gasteiger partial charge in [-0.2, -0.15) is 0 Å². The van der Waals surface area contributed by atoms with Gasteiger partial charge in [0.2, 0.25) is 0 Å². The van der Waals surface area contributed by atoms with Crippen LogP contribution in [0, 0.1) is 0 Å². The van der Waals surface area contributed by atoms with Crippen molar-refractivity contribution in [3.63, 3.8) is 0 Å². The minimum Gasteiger partial charge on any atom is -0.423 e. The summed E-state index contributed by atoms with van der Waals surface area (Å²) in [5, 5.41) is 9.24. The molecule has 0 aliphatic rings. The van der Waals surface area contributed by atoms with E-state index in [9.17, 15) is 5.02 Å². The SMILES string of the molecule is COB(O)c1ccc(CN)cc1. The van der Waals surface area contributed by atoms with Crippen molar-refractivity contribution in [1.82, 2.24) is 0 Å². The van der Waals surface area contributed by atoms with Gasteiger partial charge in [0.05, 0.1) is 0 Å². The molecule has 1 aromatic carbocycles. The number of benzene rings is 1. The molecule has 12 heavy (non-hydrogen) atoms. The van der Waals surface area contributed by atoms with Crippen LogP contribution in [0.1, 0.15) is 5.56 Å². The Labute approximate surface area is 72.3 Å². The molecule has 3 nitrogen and oxygen atoms in total. The van der Waals surface area contributed by atoms with E-state index in [1.54, 1.807) is 12.1 Å². The van der Waals surface area contributed by atoms with Crippen LogP contribution in [-0.4, -0.2) is 19.3 Å². The predicted octanol–water partition coefficient (Wildman–Crippen LogP) is -0.521. The molecule has 0 amide bonds. The average molecular weight is 165 g/mol. The maximum atomic E-state index is 9.24. The minimum atomic E-state index is -0.836. The fraction of sp³-hybridized carbons (Fsp3) is 0.250. The lowest BCUT2D eigenvalue weighted by atomic mass is 9.79. The van der Waals surface area contributed by atoms with E-state index in [1.165, 1.54) is 7.11 Å². The maximum absolute atomic E-state index is 9.24. The van der Waals surface area contributed by atoms with Crippen molar-refractivity contribution in [2.45, 2.75) is 6.54 Å². The molecule has 0 bridgehead atoms. The highest BCUT2D eigenvalue weighted by atomic mass is 16.5. The van der Waals surface area contributed by atoms with E-state index in [1.807, 2.05) is 12.1 Å². The molecular formula is C8H12BNO2. The molecule has 64 valence electrons. The Balaban J connectivity index is 2.77. The summed E-state index contributed by atoms with van der Waals surface area (Å²) < 4.78 is 4.73. The lowest BCUT2D eigenvalue weighted by molar-refractivity contribution is 0.341. The van der Waals surface area contributed by atoms with Crippen molar-refractivity contribution in [1.29, 1.82) is 0 Å². The van der Waals surface area contributed by atoms with Gasteiger partial charge < -0.3 is 15.4 Å². The van der Waals surface area contributed by atoms with Gasteiger partial charge in [-0.15, -0.1) is 0 Å². The van der Waals surface area contributed by atoms with Crippen LogP contribution >= 0.6 is 0 Å². The minimum absolute atomic E-state index is 0.517. The molecule has 0 saturated heterocycles. The van der Waals surface area contributed by atoms with Crippen LogP contribution in [0.25, 0.3) is 0 Å². The van der Waals surface area contributed by atoms with Crippen molar-refractivity contribution in [2.75, 3.05) is 7.11 Å². The standard InChI is InChI=1S/C8H12BNO2/c1-12-9(11)8-4-2-7(6-10)3-5-8/h2-5,11H,6,10H2,1H3. The Hall–Kier alpha value is -0.835. The third-order valence-corrected chi connectivity index (χ3v) is 1.72. The van der Waals surface area contributed by atoms with Crippen LogP contribution in [0.4, 0.5) is 0 Å². The van der Waals surface area contributed by atoms with E-state index < -0.39 is 7.12 Å². The van der Waals surface area contributed by atoms with Crippen molar-refractivity contribution in [2.24, 2.45) is 5.73 Å². The second kappa shape index (κ2) is 4.26. The summed E-state index contributed by atoms with van der Waals surface area (Å²) in [5.74, 6) is 0. The fourth-order valence-corrected chi connectivity index (χ4v) is 0.954.